The second-order valence-corrected chi connectivity index (χ2v) is 5.68. The van der Waals surface area contributed by atoms with Gasteiger partial charge in [-0.2, -0.15) is 0 Å². The van der Waals surface area contributed by atoms with E-state index in [1.807, 2.05) is 6.20 Å². The maximum absolute atomic E-state index is 11.9. The topological polar surface area (TPSA) is 95.7 Å². The lowest BCUT2D eigenvalue weighted by atomic mass is 10.0. The van der Waals surface area contributed by atoms with E-state index in [9.17, 15) is 14.4 Å². The van der Waals surface area contributed by atoms with Crippen molar-refractivity contribution in [2.24, 2.45) is 5.73 Å². The molecule has 2 N–H and O–H groups in total. The highest BCUT2D eigenvalue weighted by Crippen LogP contribution is 2.33. The predicted octanol–water partition coefficient (Wildman–Crippen LogP) is 0.994. The monoisotopic (exact) mass is 309 g/mol. The number of carbonyl (C=O) groups excluding carboxylic acids is 3. The average molecular weight is 309 g/mol. The molecular weight excluding hydrogens is 288 g/mol. The van der Waals surface area contributed by atoms with E-state index in [1.165, 1.54) is 7.11 Å². The summed E-state index contributed by atoms with van der Waals surface area (Å²) in [7, 11) is 1.33. The number of nitrogens with zero attached hydrogens (tertiary/aromatic N) is 1. The molecule has 2 aliphatic rings. The Labute approximate surface area is 128 Å². The van der Waals surface area contributed by atoms with E-state index >= 15 is 0 Å². The van der Waals surface area contributed by atoms with E-state index in [2.05, 4.69) is 4.74 Å². The highest BCUT2D eigenvalue weighted by molar-refractivity contribution is 5.89. The van der Waals surface area contributed by atoms with Crippen LogP contribution in [-0.4, -0.2) is 48.8 Å². The van der Waals surface area contributed by atoms with Gasteiger partial charge in [0.05, 0.1) is 24.9 Å². The summed E-state index contributed by atoms with van der Waals surface area (Å²) in [5.74, 6) is -1.09. The molecule has 0 aromatic carbocycles. The number of rotatable bonds is 4. The molecule has 0 spiro atoms. The standard InChI is InChI=1S/C15H20N2O5/c1-21-14(19)11-5-4-8-17(9-11,12-6-2-3-7-12)10-13(18)22-15(16)20/h4-5,8,12H,2-3,6-7,9-10H2,1H3,(H-,16,20)/p+1. The number of primary amides is 1. The van der Waals surface area contributed by atoms with Crippen molar-refractivity contribution in [3.8, 4) is 0 Å². The molecule has 1 aliphatic heterocycles. The van der Waals surface area contributed by atoms with Crippen LogP contribution in [-0.2, 0) is 19.1 Å². The third-order valence-electron chi connectivity index (χ3n) is 4.28. The zero-order chi connectivity index (χ0) is 16.2. The minimum Gasteiger partial charge on any atom is -0.465 e. The van der Waals surface area contributed by atoms with Crippen molar-refractivity contribution in [2.45, 2.75) is 31.7 Å². The number of nitrogens with two attached hydrogens (primary N) is 1. The summed E-state index contributed by atoms with van der Waals surface area (Å²) in [5.41, 5.74) is 5.40. The van der Waals surface area contributed by atoms with Crippen LogP contribution in [0.25, 0.3) is 0 Å². The summed E-state index contributed by atoms with van der Waals surface area (Å²) in [6.07, 6.45) is 8.32. The zero-order valence-electron chi connectivity index (χ0n) is 12.6. The fourth-order valence-corrected chi connectivity index (χ4v) is 3.31. The van der Waals surface area contributed by atoms with Gasteiger partial charge in [-0.15, -0.1) is 0 Å². The molecule has 0 aromatic heterocycles. The fraction of sp³-hybridized carbons (Fsp3) is 0.533. The first kappa shape index (κ1) is 16.2. The molecule has 1 saturated carbocycles. The molecule has 22 heavy (non-hydrogen) atoms. The number of ether oxygens (including phenoxy) is 2. The lowest BCUT2D eigenvalue weighted by molar-refractivity contribution is -0.892. The fourth-order valence-electron chi connectivity index (χ4n) is 3.31. The molecule has 1 amide bonds. The Hall–Kier alpha value is -2.15. The summed E-state index contributed by atoms with van der Waals surface area (Å²) in [6.45, 7) is 0.320. The Balaban J connectivity index is 2.22. The van der Waals surface area contributed by atoms with Crippen LogP contribution in [0.2, 0.25) is 0 Å². The molecule has 0 saturated heterocycles. The van der Waals surface area contributed by atoms with Gasteiger partial charge in [-0.25, -0.2) is 14.4 Å². The van der Waals surface area contributed by atoms with Crippen LogP contribution in [0.1, 0.15) is 25.7 Å². The zero-order valence-corrected chi connectivity index (χ0v) is 12.6. The van der Waals surface area contributed by atoms with Crippen LogP contribution >= 0.6 is 0 Å². The lowest BCUT2D eigenvalue weighted by Gasteiger charge is -2.40. The molecule has 0 bridgehead atoms. The van der Waals surface area contributed by atoms with Crippen molar-refractivity contribution >= 4 is 18.0 Å². The third-order valence-corrected chi connectivity index (χ3v) is 4.28. The smallest absolute Gasteiger partial charge is 0.412 e. The van der Waals surface area contributed by atoms with Crippen molar-refractivity contribution in [3.63, 3.8) is 0 Å². The average Bonchev–Trinajstić information content (AvgIpc) is 3.00. The Bertz CT molecular complexity index is 534. The Morgan fingerprint density at radius 1 is 1.32 bits per heavy atom. The maximum Gasteiger partial charge on any atom is 0.412 e. The molecule has 1 heterocycles. The predicted molar refractivity (Wildman–Crippen MR) is 77.2 cm³/mol. The van der Waals surface area contributed by atoms with Gasteiger partial charge in [0.25, 0.3) is 0 Å². The number of allylic oxidation sites excluding steroid dienone is 2. The van der Waals surface area contributed by atoms with Gasteiger partial charge in [0.15, 0.2) is 6.54 Å². The number of hydrogen-bond donors (Lipinski definition) is 1. The minimum absolute atomic E-state index is 0.0293. The van der Waals surface area contributed by atoms with Gasteiger partial charge in [0, 0.05) is 0 Å². The number of carbonyl (C=O) groups is 3. The van der Waals surface area contributed by atoms with E-state index in [1.54, 1.807) is 12.2 Å². The van der Waals surface area contributed by atoms with Crippen LogP contribution in [0.4, 0.5) is 4.79 Å². The molecule has 1 atom stereocenters. The van der Waals surface area contributed by atoms with Crippen LogP contribution < -0.4 is 5.73 Å². The van der Waals surface area contributed by atoms with Gasteiger partial charge in [0.1, 0.15) is 6.54 Å². The summed E-state index contributed by atoms with van der Waals surface area (Å²) in [4.78, 5) is 34.5. The van der Waals surface area contributed by atoms with Gasteiger partial charge < -0.3 is 15.2 Å². The molecule has 0 radical (unpaired) electrons. The first-order valence-corrected chi connectivity index (χ1v) is 7.30. The van der Waals surface area contributed by atoms with Crippen molar-refractivity contribution in [2.75, 3.05) is 20.2 Å². The largest absolute Gasteiger partial charge is 0.465 e. The van der Waals surface area contributed by atoms with Crippen molar-refractivity contribution in [1.29, 1.82) is 0 Å². The minimum atomic E-state index is -1.11. The first-order valence-electron chi connectivity index (χ1n) is 7.30. The highest BCUT2D eigenvalue weighted by Gasteiger charge is 2.42. The number of hydrogen-bond acceptors (Lipinski definition) is 5. The summed E-state index contributed by atoms with van der Waals surface area (Å²) in [5, 5.41) is 0. The second-order valence-electron chi connectivity index (χ2n) is 5.68. The molecule has 2 rings (SSSR count). The van der Waals surface area contributed by atoms with Gasteiger partial charge in [0.2, 0.25) is 0 Å². The summed E-state index contributed by atoms with van der Waals surface area (Å²) < 4.78 is 9.52. The number of methoxy groups -OCH3 is 1. The molecule has 0 aromatic rings. The van der Waals surface area contributed by atoms with E-state index in [0.717, 1.165) is 25.7 Å². The SMILES string of the molecule is COC(=O)C1=CC=C[N+](CC(=O)OC(N)=O)(C2CCCC2)C1. The number of amides is 1. The molecule has 1 unspecified atom stereocenters. The number of esters is 2. The van der Waals surface area contributed by atoms with Gasteiger partial charge in [-0.1, -0.05) is 0 Å². The number of quaternary nitrogens is 1. The van der Waals surface area contributed by atoms with Gasteiger partial charge in [-0.05, 0) is 37.8 Å². The highest BCUT2D eigenvalue weighted by atomic mass is 16.6. The summed E-state index contributed by atoms with van der Waals surface area (Å²) in [6, 6.07) is 0.213. The summed E-state index contributed by atoms with van der Waals surface area (Å²) >= 11 is 0. The Morgan fingerprint density at radius 3 is 2.59 bits per heavy atom. The molecule has 7 nitrogen and oxygen atoms in total. The Kier molecular flexibility index (Phi) is 4.97. The van der Waals surface area contributed by atoms with Crippen LogP contribution in [0.5, 0.6) is 0 Å². The molecule has 7 heteroatoms. The molecule has 1 aliphatic carbocycles. The first-order chi connectivity index (χ1) is 10.5. The van der Waals surface area contributed by atoms with Crippen molar-refractivity contribution in [3.05, 3.63) is 23.9 Å². The Morgan fingerprint density at radius 2 is 2.00 bits per heavy atom. The quantitative estimate of drug-likeness (QED) is 0.475. The van der Waals surface area contributed by atoms with E-state index in [4.69, 9.17) is 10.5 Å². The van der Waals surface area contributed by atoms with Crippen LogP contribution in [0.15, 0.2) is 23.9 Å². The van der Waals surface area contributed by atoms with Gasteiger partial charge in [-0.3, -0.25) is 4.48 Å². The third kappa shape index (κ3) is 3.54. The normalized spacial score (nSPS) is 24.7. The van der Waals surface area contributed by atoms with E-state index < -0.39 is 18.0 Å². The van der Waals surface area contributed by atoms with Crippen molar-refractivity contribution in [1.82, 2.24) is 0 Å². The maximum atomic E-state index is 11.9. The molecule has 1 fully saturated rings. The van der Waals surface area contributed by atoms with Crippen LogP contribution in [0.3, 0.4) is 0 Å². The van der Waals surface area contributed by atoms with E-state index in [0.29, 0.717) is 12.1 Å². The van der Waals surface area contributed by atoms with Crippen molar-refractivity contribution < 1.29 is 28.3 Å². The van der Waals surface area contributed by atoms with Crippen LogP contribution in [0, 0.1) is 0 Å². The van der Waals surface area contributed by atoms with Gasteiger partial charge >= 0.3 is 18.0 Å². The molecule has 120 valence electrons. The van der Waals surface area contributed by atoms with E-state index in [-0.39, 0.29) is 17.1 Å². The molecular formula is C15H21N2O5+. The lowest BCUT2D eigenvalue weighted by Crippen LogP contribution is -2.55. The second kappa shape index (κ2) is 6.74.